The Kier molecular flexibility index (Phi) is 13.7. The van der Waals surface area contributed by atoms with Gasteiger partial charge in [-0.3, -0.25) is 0 Å². The second kappa shape index (κ2) is 15.2. The summed E-state index contributed by atoms with van der Waals surface area (Å²) in [6, 6.07) is 0. The monoisotopic (exact) mass is 403 g/mol. The summed E-state index contributed by atoms with van der Waals surface area (Å²) in [5, 5.41) is 39.2. The van der Waals surface area contributed by atoms with Crippen LogP contribution < -0.4 is 5.11 Å². The molecule has 0 unspecified atom stereocenters. The number of hydrogen-bond donors (Lipinski definition) is 3. The van der Waals surface area contributed by atoms with Gasteiger partial charge in [0.05, 0.1) is 18.3 Å². The minimum Gasteiger partial charge on any atom is -0.550 e. The summed E-state index contributed by atoms with van der Waals surface area (Å²) < 4.78 is 11.1. The zero-order valence-electron chi connectivity index (χ0n) is 17.3. The summed E-state index contributed by atoms with van der Waals surface area (Å²) >= 11 is 0. The minimum atomic E-state index is -1.19. The van der Waals surface area contributed by atoms with Gasteiger partial charge in [-0.25, -0.2) is 0 Å². The molecular formula is C21H39O7-. The summed E-state index contributed by atoms with van der Waals surface area (Å²) in [7, 11) is 0. The number of aliphatic hydroxyl groups is 3. The lowest BCUT2D eigenvalue weighted by Crippen LogP contribution is -2.47. The standard InChI is InChI=1S/C21H40O7/c1-16-18(23)15-19(24)21(28-16)27-13-11-9-7-5-3-2-4-6-8-10-12-17(22)14-20(25)26/h16-19,21-24H,2-15H2,1H3,(H,25,26)/p-1/t16-,17+,18+,19+,21+/m0/s1. The van der Waals surface area contributed by atoms with Gasteiger partial charge in [0.15, 0.2) is 6.29 Å². The lowest BCUT2D eigenvalue weighted by atomic mass is 10.0. The lowest BCUT2D eigenvalue weighted by Gasteiger charge is -2.35. The molecule has 1 heterocycles. The van der Waals surface area contributed by atoms with Crippen LogP contribution in [0.4, 0.5) is 0 Å². The smallest absolute Gasteiger partial charge is 0.183 e. The van der Waals surface area contributed by atoms with Gasteiger partial charge in [-0.2, -0.15) is 0 Å². The van der Waals surface area contributed by atoms with Gasteiger partial charge in [0.25, 0.3) is 0 Å². The van der Waals surface area contributed by atoms with E-state index in [1.54, 1.807) is 6.92 Å². The van der Waals surface area contributed by atoms with Crippen molar-refractivity contribution in [2.45, 2.75) is 121 Å². The maximum Gasteiger partial charge on any atom is 0.183 e. The number of aliphatic carboxylic acids is 1. The van der Waals surface area contributed by atoms with Crippen LogP contribution in [0.3, 0.4) is 0 Å². The Morgan fingerprint density at radius 1 is 1.00 bits per heavy atom. The number of carbonyl (C=O) groups excluding carboxylic acids is 1. The van der Waals surface area contributed by atoms with E-state index >= 15 is 0 Å². The third-order valence-corrected chi connectivity index (χ3v) is 5.30. The van der Waals surface area contributed by atoms with Gasteiger partial charge in [0.2, 0.25) is 0 Å². The third-order valence-electron chi connectivity index (χ3n) is 5.30. The Bertz CT molecular complexity index is 404. The molecule has 0 saturated carbocycles. The van der Waals surface area contributed by atoms with Crippen molar-refractivity contribution in [2.24, 2.45) is 0 Å². The summed E-state index contributed by atoms with van der Waals surface area (Å²) in [5.41, 5.74) is 0. The van der Waals surface area contributed by atoms with E-state index in [9.17, 15) is 25.2 Å². The van der Waals surface area contributed by atoms with Gasteiger partial charge in [-0.1, -0.05) is 57.8 Å². The van der Waals surface area contributed by atoms with E-state index < -0.39 is 30.6 Å². The number of unbranched alkanes of at least 4 members (excludes halogenated alkanes) is 9. The van der Waals surface area contributed by atoms with Crippen LogP contribution in [0, 0.1) is 0 Å². The molecule has 166 valence electrons. The Balaban J connectivity index is 1.83. The number of carbonyl (C=O) groups is 1. The van der Waals surface area contributed by atoms with Crippen molar-refractivity contribution in [3.63, 3.8) is 0 Å². The van der Waals surface area contributed by atoms with Crippen LogP contribution in [-0.2, 0) is 14.3 Å². The fraction of sp³-hybridized carbons (Fsp3) is 0.952. The predicted octanol–water partition coefficient (Wildman–Crippen LogP) is 1.65. The quantitative estimate of drug-likeness (QED) is 0.335. The molecule has 0 radical (unpaired) electrons. The normalized spacial score (nSPS) is 26.3. The molecule has 0 aliphatic carbocycles. The van der Waals surface area contributed by atoms with E-state index in [-0.39, 0.29) is 12.5 Å². The molecule has 7 nitrogen and oxygen atoms in total. The third kappa shape index (κ3) is 12.0. The molecule has 0 spiro atoms. The van der Waals surface area contributed by atoms with Crippen molar-refractivity contribution in [1.29, 1.82) is 0 Å². The Hall–Kier alpha value is -0.730. The van der Waals surface area contributed by atoms with Gasteiger partial charge in [-0.05, 0) is 19.8 Å². The average Bonchev–Trinajstić information content (AvgIpc) is 2.62. The van der Waals surface area contributed by atoms with E-state index in [4.69, 9.17) is 9.47 Å². The predicted molar refractivity (Wildman–Crippen MR) is 103 cm³/mol. The Morgan fingerprint density at radius 2 is 1.54 bits per heavy atom. The van der Waals surface area contributed by atoms with Crippen molar-refractivity contribution < 1.29 is 34.7 Å². The molecule has 3 N–H and O–H groups in total. The van der Waals surface area contributed by atoms with Crippen LogP contribution in [0.5, 0.6) is 0 Å². The van der Waals surface area contributed by atoms with Gasteiger partial charge in [-0.15, -0.1) is 0 Å². The number of aliphatic hydroxyl groups excluding tert-OH is 3. The first-order valence-electron chi connectivity index (χ1n) is 10.9. The van der Waals surface area contributed by atoms with Crippen LogP contribution in [0.25, 0.3) is 0 Å². The largest absolute Gasteiger partial charge is 0.550 e. The number of hydrogen-bond acceptors (Lipinski definition) is 7. The van der Waals surface area contributed by atoms with E-state index in [2.05, 4.69) is 0 Å². The first kappa shape index (κ1) is 25.3. The summed E-state index contributed by atoms with van der Waals surface area (Å²) in [4.78, 5) is 10.3. The number of carboxylic acids is 1. The SMILES string of the molecule is C[C@@H]1O[C@@H](OCCCCCCCCCCCC[C@@H](O)CC(=O)[O-])[C@H](O)C[C@H]1O. The molecule has 1 rings (SSSR count). The van der Waals surface area contributed by atoms with E-state index in [0.29, 0.717) is 19.4 Å². The van der Waals surface area contributed by atoms with Crippen molar-refractivity contribution in [3.8, 4) is 0 Å². The number of rotatable bonds is 16. The van der Waals surface area contributed by atoms with Crippen molar-refractivity contribution in [2.75, 3.05) is 6.61 Å². The second-order valence-electron chi connectivity index (χ2n) is 8.00. The van der Waals surface area contributed by atoms with Crippen LogP contribution in [0.1, 0.15) is 90.4 Å². The van der Waals surface area contributed by atoms with Crippen molar-refractivity contribution in [1.82, 2.24) is 0 Å². The van der Waals surface area contributed by atoms with Gasteiger partial charge in [0.1, 0.15) is 6.10 Å². The lowest BCUT2D eigenvalue weighted by molar-refractivity contribution is -0.307. The average molecular weight is 404 g/mol. The minimum absolute atomic E-state index is 0.262. The molecule has 1 aliphatic heterocycles. The van der Waals surface area contributed by atoms with Crippen molar-refractivity contribution >= 4 is 5.97 Å². The van der Waals surface area contributed by atoms with E-state index in [1.165, 1.54) is 32.1 Å². The number of carboxylic acid groups (broad SMARTS) is 1. The van der Waals surface area contributed by atoms with Crippen LogP contribution in [0.15, 0.2) is 0 Å². The van der Waals surface area contributed by atoms with Crippen molar-refractivity contribution in [3.05, 3.63) is 0 Å². The van der Waals surface area contributed by atoms with E-state index in [1.807, 2.05) is 0 Å². The molecule has 0 amide bonds. The molecule has 1 saturated heterocycles. The molecule has 7 heteroatoms. The molecule has 0 aromatic carbocycles. The zero-order valence-corrected chi connectivity index (χ0v) is 17.3. The molecule has 1 fully saturated rings. The highest BCUT2D eigenvalue weighted by Gasteiger charge is 2.34. The Labute approximate surface area is 169 Å². The molecule has 28 heavy (non-hydrogen) atoms. The molecule has 0 bridgehead atoms. The van der Waals surface area contributed by atoms with E-state index in [0.717, 1.165) is 32.1 Å². The summed E-state index contributed by atoms with van der Waals surface area (Å²) in [6.45, 7) is 2.35. The fourth-order valence-electron chi connectivity index (χ4n) is 3.48. The Morgan fingerprint density at radius 3 is 2.11 bits per heavy atom. The van der Waals surface area contributed by atoms with Crippen LogP contribution >= 0.6 is 0 Å². The van der Waals surface area contributed by atoms with Gasteiger partial charge in [0, 0.05) is 25.4 Å². The summed E-state index contributed by atoms with van der Waals surface area (Å²) in [6.07, 6.45) is 8.53. The first-order chi connectivity index (χ1) is 13.4. The van der Waals surface area contributed by atoms with Gasteiger partial charge >= 0.3 is 0 Å². The molecule has 0 aromatic heterocycles. The number of ether oxygens (including phenoxy) is 2. The molecule has 1 aliphatic rings. The molecule has 0 aromatic rings. The summed E-state index contributed by atoms with van der Waals surface area (Å²) in [5.74, 6) is -1.19. The highest BCUT2D eigenvalue weighted by molar-refractivity contribution is 5.64. The zero-order chi connectivity index (χ0) is 20.8. The van der Waals surface area contributed by atoms with Crippen LogP contribution in [-0.4, -0.2) is 58.6 Å². The molecular weight excluding hydrogens is 364 g/mol. The first-order valence-corrected chi connectivity index (χ1v) is 10.9. The maximum absolute atomic E-state index is 10.3. The second-order valence-corrected chi connectivity index (χ2v) is 8.00. The highest BCUT2D eigenvalue weighted by atomic mass is 16.7. The molecule has 5 atom stereocenters. The van der Waals surface area contributed by atoms with Gasteiger partial charge < -0.3 is 34.7 Å². The topological polar surface area (TPSA) is 119 Å². The highest BCUT2D eigenvalue weighted by Crippen LogP contribution is 2.21. The fourth-order valence-corrected chi connectivity index (χ4v) is 3.48. The van der Waals surface area contributed by atoms with Crippen LogP contribution in [0.2, 0.25) is 0 Å². The maximum atomic E-state index is 10.3.